The van der Waals surface area contributed by atoms with Gasteiger partial charge in [-0.15, -0.1) is 0 Å². The first kappa shape index (κ1) is 20.1. The van der Waals surface area contributed by atoms with Gasteiger partial charge >= 0.3 is 0 Å². The van der Waals surface area contributed by atoms with Gasteiger partial charge < -0.3 is 10.1 Å². The maximum absolute atomic E-state index is 12.8. The highest BCUT2D eigenvalue weighted by Crippen LogP contribution is 2.43. The number of ether oxygens (including phenoxy) is 1. The molecular formula is C22H26N2O4S. The van der Waals surface area contributed by atoms with Gasteiger partial charge in [-0.1, -0.05) is 35.9 Å². The van der Waals surface area contributed by atoms with Gasteiger partial charge in [0.05, 0.1) is 10.5 Å². The monoisotopic (exact) mass is 414 g/mol. The molecule has 2 heterocycles. The molecule has 2 aliphatic rings. The molecule has 2 aromatic rings. The molecule has 0 aromatic heterocycles. The Morgan fingerprint density at radius 3 is 2.52 bits per heavy atom. The zero-order valence-corrected chi connectivity index (χ0v) is 17.3. The number of carbonyl (C=O) groups is 1. The van der Waals surface area contributed by atoms with Crippen LogP contribution in [0.3, 0.4) is 0 Å². The smallest absolute Gasteiger partial charge is 0.251 e. The Morgan fingerprint density at radius 2 is 1.83 bits per heavy atom. The molecule has 1 N–H and O–H groups in total. The SMILES string of the molecule is Cc1ccc(S(=O)(=O)N2CC3(C2)OCC[C@H]3CCNC(=O)c2ccccc2)cc1. The molecule has 2 aliphatic heterocycles. The van der Waals surface area contributed by atoms with E-state index in [2.05, 4.69) is 5.32 Å². The maximum atomic E-state index is 12.8. The predicted octanol–water partition coefficient (Wildman–Crippen LogP) is 2.59. The number of hydrogen-bond acceptors (Lipinski definition) is 4. The molecule has 1 spiro atoms. The van der Waals surface area contributed by atoms with Gasteiger partial charge in [0.1, 0.15) is 0 Å². The van der Waals surface area contributed by atoms with E-state index in [0.717, 1.165) is 18.4 Å². The summed E-state index contributed by atoms with van der Waals surface area (Å²) in [4.78, 5) is 12.5. The van der Waals surface area contributed by atoms with Crippen LogP contribution in [0.1, 0.15) is 28.8 Å². The van der Waals surface area contributed by atoms with E-state index in [4.69, 9.17) is 4.74 Å². The number of nitrogens with zero attached hydrogens (tertiary/aromatic N) is 1. The van der Waals surface area contributed by atoms with Crippen molar-refractivity contribution in [3.05, 3.63) is 65.7 Å². The highest BCUT2D eigenvalue weighted by Gasteiger charge is 2.56. The van der Waals surface area contributed by atoms with E-state index >= 15 is 0 Å². The number of rotatable bonds is 6. The largest absolute Gasteiger partial charge is 0.372 e. The van der Waals surface area contributed by atoms with Crippen LogP contribution in [0, 0.1) is 12.8 Å². The van der Waals surface area contributed by atoms with Crippen molar-refractivity contribution in [2.45, 2.75) is 30.3 Å². The minimum absolute atomic E-state index is 0.0873. The maximum Gasteiger partial charge on any atom is 0.251 e. The second-order valence-corrected chi connectivity index (χ2v) is 9.83. The van der Waals surface area contributed by atoms with Crippen molar-refractivity contribution in [1.29, 1.82) is 0 Å². The minimum Gasteiger partial charge on any atom is -0.372 e. The molecule has 0 aliphatic carbocycles. The Kier molecular flexibility index (Phi) is 5.46. The van der Waals surface area contributed by atoms with Crippen LogP contribution < -0.4 is 5.32 Å². The summed E-state index contributed by atoms with van der Waals surface area (Å²) in [5.74, 6) is 0.152. The molecule has 2 fully saturated rings. The van der Waals surface area contributed by atoms with E-state index in [9.17, 15) is 13.2 Å². The molecule has 6 nitrogen and oxygen atoms in total. The van der Waals surface area contributed by atoms with Crippen LogP contribution in [0.2, 0.25) is 0 Å². The summed E-state index contributed by atoms with van der Waals surface area (Å²) in [6.07, 6.45) is 1.66. The summed E-state index contributed by atoms with van der Waals surface area (Å²) < 4.78 is 33.2. The molecule has 2 saturated heterocycles. The Balaban J connectivity index is 1.33. The van der Waals surface area contributed by atoms with E-state index in [1.54, 1.807) is 24.3 Å². The first-order valence-electron chi connectivity index (χ1n) is 9.95. The lowest BCUT2D eigenvalue weighted by molar-refractivity contribution is -0.102. The first-order chi connectivity index (χ1) is 13.9. The third kappa shape index (κ3) is 3.95. The molecule has 4 rings (SSSR count). The van der Waals surface area contributed by atoms with Gasteiger partial charge in [0.25, 0.3) is 5.91 Å². The van der Waals surface area contributed by atoms with Gasteiger partial charge in [0.2, 0.25) is 10.0 Å². The van der Waals surface area contributed by atoms with E-state index in [0.29, 0.717) is 36.7 Å². The number of nitrogens with one attached hydrogen (secondary N) is 1. The lowest BCUT2D eigenvalue weighted by atomic mass is 9.80. The third-order valence-electron chi connectivity index (χ3n) is 5.96. The van der Waals surface area contributed by atoms with Crippen molar-refractivity contribution >= 4 is 15.9 Å². The van der Waals surface area contributed by atoms with Crippen molar-refractivity contribution in [2.24, 2.45) is 5.92 Å². The van der Waals surface area contributed by atoms with Crippen molar-refractivity contribution in [2.75, 3.05) is 26.2 Å². The summed E-state index contributed by atoms with van der Waals surface area (Å²) in [6.45, 7) is 3.87. The third-order valence-corrected chi connectivity index (χ3v) is 7.77. The Hall–Kier alpha value is -2.22. The van der Waals surface area contributed by atoms with E-state index in [1.165, 1.54) is 4.31 Å². The van der Waals surface area contributed by atoms with Crippen molar-refractivity contribution < 1.29 is 17.9 Å². The molecule has 1 amide bonds. The van der Waals surface area contributed by atoms with Gasteiger partial charge in [-0.3, -0.25) is 4.79 Å². The zero-order valence-electron chi connectivity index (χ0n) is 16.5. The predicted molar refractivity (Wildman–Crippen MR) is 110 cm³/mol. The molecule has 7 heteroatoms. The number of sulfonamides is 1. The van der Waals surface area contributed by atoms with Crippen LogP contribution >= 0.6 is 0 Å². The normalized spacial score (nSPS) is 21.1. The summed E-state index contributed by atoms with van der Waals surface area (Å²) in [5, 5.41) is 2.96. The number of carbonyl (C=O) groups excluding carboxylic acids is 1. The van der Waals surface area contributed by atoms with Gasteiger partial charge in [-0.25, -0.2) is 8.42 Å². The highest BCUT2D eigenvalue weighted by molar-refractivity contribution is 7.89. The average molecular weight is 415 g/mol. The van der Waals surface area contributed by atoms with Crippen LogP contribution in [-0.4, -0.2) is 50.5 Å². The van der Waals surface area contributed by atoms with Crippen LogP contribution in [0.4, 0.5) is 0 Å². The molecule has 0 saturated carbocycles. The number of aryl methyl sites for hydroxylation is 1. The summed E-state index contributed by atoms with van der Waals surface area (Å²) in [5.41, 5.74) is 1.25. The molecule has 0 unspecified atom stereocenters. The van der Waals surface area contributed by atoms with Crippen molar-refractivity contribution in [3.63, 3.8) is 0 Å². The number of hydrogen-bond donors (Lipinski definition) is 1. The quantitative estimate of drug-likeness (QED) is 0.788. The Morgan fingerprint density at radius 1 is 1.14 bits per heavy atom. The van der Waals surface area contributed by atoms with Gasteiger partial charge in [-0.2, -0.15) is 4.31 Å². The fourth-order valence-corrected chi connectivity index (χ4v) is 5.73. The van der Waals surface area contributed by atoms with Gasteiger partial charge in [0.15, 0.2) is 0 Å². The summed E-state index contributed by atoms with van der Waals surface area (Å²) in [7, 11) is -3.49. The molecule has 29 heavy (non-hydrogen) atoms. The molecule has 0 radical (unpaired) electrons. The van der Waals surface area contributed by atoms with Crippen molar-refractivity contribution in [1.82, 2.24) is 9.62 Å². The fourth-order valence-electron chi connectivity index (χ4n) is 4.17. The lowest BCUT2D eigenvalue weighted by Crippen LogP contribution is -2.66. The lowest BCUT2D eigenvalue weighted by Gasteiger charge is -2.49. The topological polar surface area (TPSA) is 75.7 Å². The van der Waals surface area contributed by atoms with Gasteiger partial charge in [-0.05, 0) is 49.9 Å². The molecule has 154 valence electrons. The second kappa shape index (κ2) is 7.89. The average Bonchev–Trinajstić information content (AvgIpc) is 3.12. The molecule has 2 aromatic carbocycles. The zero-order chi connectivity index (χ0) is 20.5. The van der Waals surface area contributed by atoms with E-state index in [-0.39, 0.29) is 11.8 Å². The molecule has 1 atom stereocenters. The number of benzene rings is 2. The van der Waals surface area contributed by atoms with Crippen LogP contribution in [-0.2, 0) is 14.8 Å². The fraction of sp³-hybridized carbons (Fsp3) is 0.409. The summed E-state index contributed by atoms with van der Waals surface area (Å²) in [6, 6.07) is 16.1. The van der Waals surface area contributed by atoms with E-state index in [1.807, 2.05) is 37.3 Å². The molecular weight excluding hydrogens is 388 g/mol. The van der Waals surface area contributed by atoms with Crippen molar-refractivity contribution in [3.8, 4) is 0 Å². The first-order valence-corrected chi connectivity index (χ1v) is 11.4. The second-order valence-electron chi connectivity index (χ2n) is 7.90. The summed E-state index contributed by atoms with van der Waals surface area (Å²) >= 11 is 0. The van der Waals surface area contributed by atoms with Crippen LogP contribution in [0.15, 0.2) is 59.5 Å². The van der Waals surface area contributed by atoms with Gasteiger partial charge in [0, 0.05) is 31.8 Å². The van der Waals surface area contributed by atoms with E-state index < -0.39 is 15.6 Å². The standard InChI is InChI=1S/C22H26N2O4S/c1-17-7-9-20(10-8-17)29(26,27)24-15-22(16-24)19(12-14-28-22)11-13-23-21(25)18-5-3-2-4-6-18/h2-10,19H,11-16H2,1H3,(H,23,25)/t19-/m1/s1. The highest BCUT2D eigenvalue weighted by atomic mass is 32.2. The number of amides is 1. The molecule has 0 bridgehead atoms. The Bertz CT molecular complexity index is 968. The van der Waals surface area contributed by atoms with Crippen LogP contribution in [0.5, 0.6) is 0 Å². The van der Waals surface area contributed by atoms with Crippen LogP contribution in [0.25, 0.3) is 0 Å². The Labute approximate surface area is 171 Å². The minimum atomic E-state index is -3.49.